The van der Waals surface area contributed by atoms with Gasteiger partial charge in [0.05, 0.1) is 13.2 Å². The van der Waals surface area contributed by atoms with Crippen molar-refractivity contribution in [2.24, 2.45) is 0 Å². The number of carbonyl (C=O) groups excluding carboxylic acids is 2. The average molecular weight is 284 g/mol. The molecule has 1 fully saturated rings. The summed E-state index contributed by atoms with van der Waals surface area (Å²) in [6, 6.07) is -0.492. The molecule has 2 N–H and O–H groups in total. The lowest BCUT2D eigenvalue weighted by Gasteiger charge is -2.26. The van der Waals surface area contributed by atoms with Crippen LogP contribution in [0.5, 0.6) is 0 Å². The van der Waals surface area contributed by atoms with E-state index < -0.39 is 11.9 Å². The van der Waals surface area contributed by atoms with E-state index in [1.54, 1.807) is 5.38 Å². The fourth-order valence-corrected chi connectivity index (χ4v) is 2.22. The summed E-state index contributed by atoms with van der Waals surface area (Å²) in [5.41, 5.74) is 0. The van der Waals surface area contributed by atoms with Crippen LogP contribution >= 0.6 is 11.3 Å². The molecule has 3 amide bonds. The lowest BCUT2D eigenvalue weighted by molar-refractivity contribution is 0.0387. The predicted octanol–water partition coefficient (Wildman–Crippen LogP) is -0.0853. The third kappa shape index (κ3) is 4.58. The van der Waals surface area contributed by atoms with Gasteiger partial charge in [-0.15, -0.1) is 11.3 Å². The quantitative estimate of drug-likeness (QED) is 0.807. The van der Waals surface area contributed by atoms with Crippen LogP contribution in [-0.4, -0.2) is 61.2 Å². The first-order valence-corrected chi connectivity index (χ1v) is 6.92. The van der Waals surface area contributed by atoms with E-state index in [0.29, 0.717) is 6.54 Å². The predicted molar refractivity (Wildman–Crippen MR) is 70.2 cm³/mol. The number of carbonyl (C=O) groups is 2. The summed E-state index contributed by atoms with van der Waals surface area (Å²) in [7, 11) is 0. The summed E-state index contributed by atoms with van der Waals surface area (Å²) >= 11 is 1.19. The Bertz CT molecular complexity index is 418. The lowest BCUT2D eigenvalue weighted by atomic mass is 10.4. The van der Waals surface area contributed by atoms with E-state index in [4.69, 9.17) is 4.74 Å². The van der Waals surface area contributed by atoms with Gasteiger partial charge in [-0.25, -0.2) is 9.78 Å². The van der Waals surface area contributed by atoms with Crippen molar-refractivity contribution in [2.75, 3.05) is 39.4 Å². The van der Waals surface area contributed by atoms with Gasteiger partial charge in [-0.2, -0.15) is 0 Å². The maximum absolute atomic E-state index is 11.5. The highest BCUT2D eigenvalue weighted by atomic mass is 32.1. The molecular weight excluding hydrogens is 268 g/mol. The molecule has 104 valence electrons. The van der Waals surface area contributed by atoms with Crippen molar-refractivity contribution in [1.29, 1.82) is 0 Å². The van der Waals surface area contributed by atoms with Crippen LogP contribution in [0, 0.1) is 0 Å². The third-order valence-electron chi connectivity index (χ3n) is 2.67. The van der Waals surface area contributed by atoms with Gasteiger partial charge in [0.15, 0.2) is 5.01 Å². The fraction of sp³-hybridized carbons (Fsp3) is 0.545. The number of nitrogens with one attached hydrogen (secondary N) is 2. The number of aromatic nitrogens is 1. The van der Waals surface area contributed by atoms with Gasteiger partial charge in [0.25, 0.3) is 5.91 Å². The second-order valence-electron chi connectivity index (χ2n) is 4.00. The van der Waals surface area contributed by atoms with Gasteiger partial charge in [-0.1, -0.05) is 0 Å². The first-order valence-electron chi connectivity index (χ1n) is 6.04. The highest BCUT2D eigenvalue weighted by Gasteiger charge is 2.13. The zero-order valence-corrected chi connectivity index (χ0v) is 11.2. The molecule has 0 unspecified atom stereocenters. The third-order valence-corrected chi connectivity index (χ3v) is 3.44. The van der Waals surface area contributed by atoms with E-state index in [0.717, 1.165) is 32.8 Å². The molecule has 1 saturated heterocycles. The normalized spacial score (nSPS) is 16.0. The summed E-state index contributed by atoms with van der Waals surface area (Å²) in [5, 5.41) is 6.85. The molecule has 8 heteroatoms. The Balaban J connectivity index is 1.63. The lowest BCUT2D eigenvalue weighted by Crippen LogP contribution is -2.45. The van der Waals surface area contributed by atoms with Gasteiger partial charge in [0, 0.05) is 37.8 Å². The molecule has 7 nitrogen and oxygen atoms in total. The Labute approximate surface area is 115 Å². The number of urea groups is 1. The zero-order chi connectivity index (χ0) is 13.5. The summed E-state index contributed by atoms with van der Waals surface area (Å²) in [4.78, 5) is 29.0. The second-order valence-corrected chi connectivity index (χ2v) is 4.90. The SMILES string of the molecule is O=C(NCCN1CCOCC1)NC(=O)c1nccs1. The fourth-order valence-electron chi connectivity index (χ4n) is 1.69. The molecule has 2 rings (SSSR count). The van der Waals surface area contributed by atoms with Crippen LogP contribution in [-0.2, 0) is 4.74 Å². The largest absolute Gasteiger partial charge is 0.379 e. The number of imide groups is 1. The number of rotatable bonds is 4. The minimum absolute atomic E-state index is 0.281. The monoisotopic (exact) mass is 284 g/mol. The molecule has 1 aromatic heterocycles. The van der Waals surface area contributed by atoms with Crippen molar-refractivity contribution in [3.8, 4) is 0 Å². The van der Waals surface area contributed by atoms with E-state index in [2.05, 4.69) is 20.5 Å². The first-order chi connectivity index (χ1) is 9.25. The Kier molecular flexibility index (Phi) is 5.25. The van der Waals surface area contributed by atoms with E-state index in [9.17, 15) is 9.59 Å². The molecule has 1 aliphatic rings. The summed E-state index contributed by atoms with van der Waals surface area (Å²) < 4.78 is 5.23. The van der Waals surface area contributed by atoms with Crippen molar-refractivity contribution in [2.45, 2.75) is 0 Å². The van der Waals surface area contributed by atoms with Crippen LogP contribution < -0.4 is 10.6 Å². The molecule has 0 bridgehead atoms. The molecule has 0 aliphatic carbocycles. The molecule has 1 aromatic rings. The topological polar surface area (TPSA) is 83.6 Å². The molecule has 19 heavy (non-hydrogen) atoms. The Hall–Kier alpha value is -1.51. The van der Waals surface area contributed by atoms with Crippen molar-refractivity contribution in [3.63, 3.8) is 0 Å². The van der Waals surface area contributed by atoms with E-state index in [-0.39, 0.29) is 5.01 Å². The van der Waals surface area contributed by atoms with E-state index >= 15 is 0 Å². The molecule has 2 heterocycles. The molecular formula is C11H16N4O3S. The average Bonchev–Trinajstić information content (AvgIpc) is 2.94. The Morgan fingerprint density at radius 2 is 2.21 bits per heavy atom. The smallest absolute Gasteiger partial charge is 0.321 e. The van der Waals surface area contributed by atoms with Crippen molar-refractivity contribution in [3.05, 3.63) is 16.6 Å². The van der Waals surface area contributed by atoms with Crippen LogP contribution in [0.3, 0.4) is 0 Å². The number of ether oxygens (including phenoxy) is 1. The number of hydrogen-bond donors (Lipinski definition) is 2. The molecule has 0 radical (unpaired) electrons. The number of hydrogen-bond acceptors (Lipinski definition) is 6. The van der Waals surface area contributed by atoms with Gasteiger partial charge in [-0.05, 0) is 0 Å². The van der Waals surface area contributed by atoms with Crippen LogP contribution in [0.25, 0.3) is 0 Å². The van der Waals surface area contributed by atoms with Crippen molar-refractivity contribution >= 4 is 23.3 Å². The van der Waals surface area contributed by atoms with Gasteiger partial charge >= 0.3 is 6.03 Å². The van der Waals surface area contributed by atoms with Gasteiger partial charge in [0.2, 0.25) is 0 Å². The molecule has 0 spiro atoms. The summed E-state index contributed by atoms with van der Waals surface area (Å²) in [6.45, 7) is 4.46. The number of morpholine rings is 1. The van der Waals surface area contributed by atoms with E-state index in [1.807, 2.05) is 0 Å². The molecule has 0 aromatic carbocycles. The Morgan fingerprint density at radius 1 is 1.42 bits per heavy atom. The highest BCUT2D eigenvalue weighted by molar-refractivity contribution is 7.11. The second kappa shape index (κ2) is 7.17. The minimum Gasteiger partial charge on any atom is -0.379 e. The number of amides is 3. The van der Waals surface area contributed by atoms with E-state index in [1.165, 1.54) is 17.5 Å². The van der Waals surface area contributed by atoms with Crippen LogP contribution in [0.1, 0.15) is 9.80 Å². The van der Waals surface area contributed by atoms with Gasteiger partial charge in [0.1, 0.15) is 0 Å². The van der Waals surface area contributed by atoms with Crippen molar-refractivity contribution < 1.29 is 14.3 Å². The highest BCUT2D eigenvalue weighted by Crippen LogP contribution is 2.02. The van der Waals surface area contributed by atoms with Crippen LogP contribution in [0.2, 0.25) is 0 Å². The zero-order valence-electron chi connectivity index (χ0n) is 10.4. The first kappa shape index (κ1) is 13.9. The Morgan fingerprint density at radius 3 is 2.89 bits per heavy atom. The van der Waals surface area contributed by atoms with Crippen molar-refractivity contribution in [1.82, 2.24) is 20.5 Å². The molecule has 0 saturated carbocycles. The van der Waals surface area contributed by atoms with Crippen LogP contribution in [0.4, 0.5) is 4.79 Å². The summed E-state index contributed by atoms with van der Waals surface area (Å²) in [5.74, 6) is -0.473. The van der Waals surface area contributed by atoms with Gasteiger partial charge < -0.3 is 10.1 Å². The maximum atomic E-state index is 11.5. The standard InChI is InChI=1S/C11H16N4O3S/c16-9(10-12-2-8-19-10)14-11(17)13-1-3-15-4-6-18-7-5-15/h2,8H,1,3-7H2,(H2,13,14,16,17). The van der Waals surface area contributed by atoms with Gasteiger partial charge in [-0.3, -0.25) is 15.0 Å². The molecule has 0 atom stereocenters. The molecule has 1 aliphatic heterocycles. The number of thiazole rings is 1. The maximum Gasteiger partial charge on any atom is 0.321 e. The minimum atomic E-state index is -0.492. The number of nitrogens with zero attached hydrogens (tertiary/aromatic N) is 2. The van der Waals surface area contributed by atoms with Crippen LogP contribution in [0.15, 0.2) is 11.6 Å². The summed E-state index contributed by atoms with van der Waals surface area (Å²) in [6.07, 6.45) is 1.52.